The highest BCUT2D eigenvalue weighted by Gasteiger charge is 2.27. The van der Waals surface area contributed by atoms with E-state index in [1.165, 1.54) is 0 Å². The van der Waals surface area contributed by atoms with Gasteiger partial charge in [-0.05, 0) is 39.7 Å². The maximum Gasteiger partial charge on any atom is 0.239 e. The van der Waals surface area contributed by atoms with Crippen molar-refractivity contribution in [3.8, 4) is 0 Å². The van der Waals surface area contributed by atoms with Gasteiger partial charge in [0, 0.05) is 6.04 Å². The van der Waals surface area contributed by atoms with Crippen LogP contribution >= 0.6 is 0 Å². The Bertz CT molecular complexity index is 214. The van der Waals surface area contributed by atoms with Crippen molar-refractivity contribution in [2.75, 3.05) is 6.54 Å². The maximum absolute atomic E-state index is 12.0. The smallest absolute Gasteiger partial charge is 0.239 e. The summed E-state index contributed by atoms with van der Waals surface area (Å²) in [6, 6.07) is 0.250. The zero-order valence-electron chi connectivity index (χ0n) is 11.7. The Morgan fingerprint density at radius 3 is 2.25 bits per heavy atom. The first-order valence-corrected chi connectivity index (χ1v) is 6.39. The summed E-state index contributed by atoms with van der Waals surface area (Å²) in [5.41, 5.74) is -0.474. The van der Waals surface area contributed by atoms with E-state index in [-0.39, 0.29) is 11.9 Å². The lowest BCUT2D eigenvalue weighted by molar-refractivity contribution is -0.127. The number of hydrogen-bond acceptors (Lipinski definition) is 2. The molecular weight excluding hydrogens is 200 g/mol. The summed E-state index contributed by atoms with van der Waals surface area (Å²) in [4.78, 5) is 12.0. The van der Waals surface area contributed by atoms with Crippen molar-refractivity contribution in [3.63, 3.8) is 0 Å². The van der Waals surface area contributed by atoms with Crippen LogP contribution in [0.15, 0.2) is 0 Å². The molecule has 2 unspecified atom stereocenters. The monoisotopic (exact) mass is 228 g/mol. The van der Waals surface area contributed by atoms with E-state index in [0.29, 0.717) is 5.92 Å². The van der Waals surface area contributed by atoms with E-state index in [9.17, 15) is 4.79 Å². The molecule has 0 aromatic heterocycles. The third kappa shape index (κ3) is 5.50. The SMILES string of the molecule is CCNC(C)(C)C(=O)NC(C)CC(C)CC. The van der Waals surface area contributed by atoms with Gasteiger partial charge in [-0.15, -0.1) is 0 Å². The van der Waals surface area contributed by atoms with E-state index in [1.54, 1.807) is 0 Å². The molecular formula is C13H28N2O. The number of amides is 1. The summed E-state index contributed by atoms with van der Waals surface area (Å²) in [6.45, 7) is 13.1. The van der Waals surface area contributed by atoms with E-state index < -0.39 is 5.54 Å². The Kier molecular flexibility index (Phi) is 6.65. The molecule has 0 saturated carbocycles. The zero-order valence-corrected chi connectivity index (χ0v) is 11.7. The highest BCUT2D eigenvalue weighted by atomic mass is 16.2. The molecule has 0 spiro atoms. The van der Waals surface area contributed by atoms with Gasteiger partial charge in [0.25, 0.3) is 0 Å². The molecule has 0 radical (unpaired) electrons. The van der Waals surface area contributed by atoms with Gasteiger partial charge in [-0.3, -0.25) is 4.79 Å². The summed E-state index contributed by atoms with van der Waals surface area (Å²) < 4.78 is 0. The largest absolute Gasteiger partial charge is 0.352 e. The Morgan fingerprint density at radius 1 is 1.25 bits per heavy atom. The second-order valence-corrected chi connectivity index (χ2v) is 5.28. The molecule has 0 saturated heterocycles. The Hall–Kier alpha value is -0.570. The summed E-state index contributed by atoms with van der Waals surface area (Å²) in [5, 5.41) is 6.25. The molecule has 0 aliphatic carbocycles. The first-order valence-electron chi connectivity index (χ1n) is 6.39. The quantitative estimate of drug-likeness (QED) is 0.702. The summed E-state index contributed by atoms with van der Waals surface area (Å²) in [7, 11) is 0. The van der Waals surface area contributed by atoms with Crippen LogP contribution in [0.3, 0.4) is 0 Å². The normalized spacial score (nSPS) is 15.6. The second kappa shape index (κ2) is 6.89. The Labute approximate surface area is 100 Å². The van der Waals surface area contributed by atoms with Gasteiger partial charge in [-0.1, -0.05) is 27.2 Å². The summed E-state index contributed by atoms with van der Waals surface area (Å²) in [6.07, 6.45) is 2.21. The summed E-state index contributed by atoms with van der Waals surface area (Å²) in [5.74, 6) is 0.752. The first-order chi connectivity index (χ1) is 7.33. The average molecular weight is 228 g/mol. The molecule has 0 aliphatic heterocycles. The minimum Gasteiger partial charge on any atom is -0.352 e. The molecule has 0 fully saturated rings. The Morgan fingerprint density at radius 2 is 1.81 bits per heavy atom. The van der Waals surface area contributed by atoms with Crippen molar-refractivity contribution < 1.29 is 4.79 Å². The lowest BCUT2D eigenvalue weighted by Crippen LogP contribution is -2.54. The van der Waals surface area contributed by atoms with Crippen molar-refractivity contribution in [1.29, 1.82) is 0 Å². The average Bonchev–Trinajstić information content (AvgIpc) is 2.17. The van der Waals surface area contributed by atoms with Crippen LogP contribution in [0.4, 0.5) is 0 Å². The zero-order chi connectivity index (χ0) is 12.8. The molecule has 0 aromatic rings. The van der Waals surface area contributed by atoms with Crippen LogP contribution in [-0.4, -0.2) is 24.0 Å². The highest BCUT2D eigenvalue weighted by molar-refractivity contribution is 5.85. The predicted octanol–water partition coefficient (Wildman–Crippen LogP) is 2.32. The fourth-order valence-corrected chi connectivity index (χ4v) is 1.76. The molecule has 0 rings (SSSR count). The van der Waals surface area contributed by atoms with Crippen molar-refractivity contribution in [2.24, 2.45) is 5.92 Å². The van der Waals surface area contributed by atoms with Crippen LogP contribution in [-0.2, 0) is 4.79 Å². The standard InChI is InChI=1S/C13H28N2O/c1-7-10(3)9-11(4)15-12(16)13(5,6)14-8-2/h10-11,14H,7-9H2,1-6H3,(H,15,16). The number of rotatable bonds is 7. The van der Waals surface area contributed by atoms with Gasteiger partial charge in [0.1, 0.15) is 0 Å². The van der Waals surface area contributed by atoms with Crippen LogP contribution in [0.5, 0.6) is 0 Å². The second-order valence-electron chi connectivity index (χ2n) is 5.28. The first kappa shape index (κ1) is 15.4. The van der Waals surface area contributed by atoms with E-state index in [1.807, 2.05) is 20.8 Å². The molecule has 2 N–H and O–H groups in total. The lowest BCUT2D eigenvalue weighted by atomic mass is 9.98. The molecule has 0 aromatic carbocycles. The third-order valence-corrected chi connectivity index (χ3v) is 3.02. The number of likely N-dealkylation sites (N-methyl/N-ethyl adjacent to an activating group) is 1. The predicted molar refractivity (Wildman–Crippen MR) is 69.4 cm³/mol. The molecule has 0 heterocycles. The minimum atomic E-state index is -0.474. The van der Waals surface area contributed by atoms with Gasteiger partial charge in [-0.2, -0.15) is 0 Å². The van der Waals surface area contributed by atoms with Crippen LogP contribution in [0, 0.1) is 5.92 Å². The molecule has 0 bridgehead atoms. The van der Waals surface area contributed by atoms with Crippen molar-refractivity contribution in [1.82, 2.24) is 10.6 Å². The molecule has 0 aliphatic rings. The number of hydrogen-bond donors (Lipinski definition) is 2. The van der Waals surface area contributed by atoms with Crippen LogP contribution < -0.4 is 10.6 Å². The fraction of sp³-hybridized carbons (Fsp3) is 0.923. The molecule has 2 atom stereocenters. The summed E-state index contributed by atoms with van der Waals surface area (Å²) >= 11 is 0. The van der Waals surface area contributed by atoms with E-state index in [0.717, 1.165) is 19.4 Å². The lowest BCUT2D eigenvalue weighted by Gasteiger charge is -2.27. The van der Waals surface area contributed by atoms with E-state index >= 15 is 0 Å². The molecule has 96 valence electrons. The van der Waals surface area contributed by atoms with Crippen molar-refractivity contribution >= 4 is 5.91 Å². The Balaban J connectivity index is 4.13. The molecule has 1 amide bonds. The van der Waals surface area contributed by atoms with Crippen molar-refractivity contribution in [2.45, 2.75) is 66.0 Å². The van der Waals surface area contributed by atoms with Crippen LogP contribution in [0.1, 0.15) is 54.4 Å². The van der Waals surface area contributed by atoms with Crippen LogP contribution in [0.25, 0.3) is 0 Å². The van der Waals surface area contributed by atoms with Crippen molar-refractivity contribution in [3.05, 3.63) is 0 Å². The van der Waals surface area contributed by atoms with Crippen LogP contribution in [0.2, 0.25) is 0 Å². The highest BCUT2D eigenvalue weighted by Crippen LogP contribution is 2.10. The number of carbonyl (C=O) groups excluding carboxylic acids is 1. The maximum atomic E-state index is 12.0. The fourth-order valence-electron chi connectivity index (χ4n) is 1.76. The van der Waals surface area contributed by atoms with Gasteiger partial charge >= 0.3 is 0 Å². The molecule has 16 heavy (non-hydrogen) atoms. The number of carbonyl (C=O) groups is 1. The van der Waals surface area contributed by atoms with Gasteiger partial charge in [-0.25, -0.2) is 0 Å². The topological polar surface area (TPSA) is 41.1 Å². The van der Waals surface area contributed by atoms with Gasteiger partial charge in [0.05, 0.1) is 5.54 Å². The van der Waals surface area contributed by atoms with E-state index in [4.69, 9.17) is 0 Å². The molecule has 3 nitrogen and oxygen atoms in total. The molecule has 3 heteroatoms. The third-order valence-electron chi connectivity index (χ3n) is 3.02. The number of nitrogens with one attached hydrogen (secondary N) is 2. The van der Waals surface area contributed by atoms with E-state index in [2.05, 4.69) is 31.4 Å². The van der Waals surface area contributed by atoms with Gasteiger partial charge < -0.3 is 10.6 Å². The van der Waals surface area contributed by atoms with Gasteiger partial charge in [0.2, 0.25) is 5.91 Å². The minimum absolute atomic E-state index is 0.0881. The van der Waals surface area contributed by atoms with Gasteiger partial charge in [0.15, 0.2) is 0 Å².